The Balaban J connectivity index is 0.00000211. The van der Waals surface area contributed by atoms with Crippen molar-refractivity contribution in [3.05, 3.63) is 29.3 Å². The molecule has 1 aromatic carbocycles. The van der Waals surface area contributed by atoms with E-state index in [-0.39, 0.29) is 6.42 Å². The topological polar surface area (TPSA) is 40.5 Å². The molecule has 1 aromatic rings. The minimum atomic E-state index is -0.746. The number of carboxylic acid groups (broad SMARTS) is 1. The van der Waals surface area contributed by atoms with Gasteiger partial charge in [-0.25, -0.2) is 0 Å². The number of hydrogen-bond acceptors (Lipinski definition) is 2. The summed E-state index contributed by atoms with van der Waals surface area (Å²) in [5.74, 6) is 0.364. The SMILES string of the molecule is CC.Cc1ccc(N(CCCl)CCCl)cc1CCCC(=O)O. The fraction of sp³-hybridized carbons (Fsp3) is 0.588. The summed E-state index contributed by atoms with van der Waals surface area (Å²) in [5, 5.41) is 8.71. The zero-order chi connectivity index (χ0) is 17.0. The highest BCUT2D eigenvalue weighted by molar-refractivity contribution is 6.18. The fourth-order valence-corrected chi connectivity index (χ4v) is 2.54. The van der Waals surface area contributed by atoms with Crippen molar-refractivity contribution in [1.82, 2.24) is 0 Å². The quantitative estimate of drug-likeness (QED) is 0.657. The van der Waals surface area contributed by atoms with E-state index in [9.17, 15) is 4.79 Å². The highest BCUT2D eigenvalue weighted by Crippen LogP contribution is 2.21. The number of nitrogens with zero attached hydrogens (tertiary/aromatic N) is 1. The van der Waals surface area contributed by atoms with Gasteiger partial charge in [0.15, 0.2) is 0 Å². The van der Waals surface area contributed by atoms with Crippen molar-refractivity contribution in [3.8, 4) is 0 Å². The van der Waals surface area contributed by atoms with Crippen molar-refractivity contribution in [2.24, 2.45) is 0 Å². The predicted octanol–water partition coefficient (Wildman–Crippen LogP) is 4.71. The smallest absolute Gasteiger partial charge is 0.303 e. The molecule has 0 unspecified atom stereocenters. The highest BCUT2D eigenvalue weighted by Gasteiger charge is 2.08. The van der Waals surface area contributed by atoms with Crippen LogP contribution in [0.2, 0.25) is 0 Å². The molecule has 126 valence electrons. The van der Waals surface area contributed by atoms with Crippen LogP contribution in [0.4, 0.5) is 5.69 Å². The lowest BCUT2D eigenvalue weighted by molar-refractivity contribution is -0.137. The average molecular weight is 348 g/mol. The van der Waals surface area contributed by atoms with Gasteiger partial charge in [-0.05, 0) is 43.0 Å². The maximum Gasteiger partial charge on any atom is 0.303 e. The largest absolute Gasteiger partial charge is 0.481 e. The Morgan fingerprint density at radius 1 is 1.18 bits per heavy atom. The van der Waals surface area contributed by atoms with Gasteiger partial charge in [0.1, 0.15) is 0 Å². The van der Waals surface area contributed by atoms with E-state index in [1.54, 1.807) is 0 Å². The molecule has 0 bridgehead atoms. The second-order valence-corrected chi connectivity index (χ2v) is 5.48. The Morgan fingerprint density at radius 3 is 2.27 bits per heavy atom. The van der Waals surface area contributed by atoms with Crippen molar-refractivity contribution < 1.29 is 9.90 Å². The summed E-state index contributed by atoms with van der Waals surface area (Å²) in [5.41, 5.74) is 3.48. The van der Waals surface area contributed by atoms with Crippen molar-refractivity contribution >= 4 is 34.9 Å². The number of aliphatic carboxylic acids is 1. The number of rotatable bonds is 9. The minimum absolute atomic E-state index is 0.205. The van der Waals surface area contributed by atoms with E-state index >= 15 is 0 Å². The van der Waals surface area contributed by atoms with Crippen LogP contribution in [0.5, 0.6) is 0 Å². The van der Waals surface area contributed by atoms with Gasteiger partial charge in [-0.1, -0.05) is 19.9 Å². The Hall–Kier alpha value is -0.930. The first-order chi connectivity index (χ1) is 10.6. The zero-order valence-corrected chi connectivity index (χ0v) is 15.3. The third kappa shape index (κ3) is 7.90. The van der Waals surface area contributed by atoms with Crippen LogP contribution in [0, 0.1) is 6.92 Å². The highest BCUT2D eigenvalue weighted by atomic mass is 35.5. The summed E-state index contributed by atoms with van der Waals surface area (Å²) in [6, 6.07) is 6.26. The number of halogens is 2. The maximum absolute atomic E-state index is 10.6. The molecule has 0 aliphatic carbocycles. The molecular formula is C17H27Cl2NO2. The lowest BCUT2D eigenvalue weighted by Gasteiger charge is -2.24. The van der Waals surface area contributed by atoms with E-state index in [0.717, 1.165) is 25.2 Å². The van der Waals surface area contributed by atoms with Gasteiger partial charge in [0.05, 0.1) is 0 Å². The van der Waals surface area contributed by atoms with Gasteiger partial charge in [-0.2, -0.15) is 0 Å². The van der Waals surface area contributed by atoms with E-state index in [1.807, 2.05) is 20.8 Å². The van der Waals surface area contributed by atoms with E-state index in [0.29, 0.717) is 18.2 Å². The number of carbonyl (C=O) groups is 1. The van der Waals surface area contributed by atoms with E-state index in [2.05, 4.69) is 23.1 Å². The fourth-order valence-electron chi connectivity index (χ4n) is 2.13. The Labute approximate surface area is 144 Å². The van der Waals surface area contributed by atoms with Crippen LogP contribution < -0.4 is 4.90 Å². The molecule has 0 saturated carbocycles. The second-order valence-electron chi connectivity index (χ2n) is 4.72. The van der Waals surface area contributed by atoms with Crippen LogP contribution in [0.1, 0.15) is 37.8 Å². The predicted molar refractivity (Wildman–Crippen MR) is 96.8 cm³/mol. The van der Waals surface area contributed by atoms with Crippen molar-refractivity contribution in [1.29, 1.82) is 0 Å². The van der Waals surface area contributed by atoms with Gasteiger partial charge in [0, 0.05) is 37.0 Å². The van der Waals surface area contributed by atoms with Gasteiger partial charge in [-0.15, -0.1) is 23.2 Å². The van der Waals surface area contributed by atoms with E-state index < -0.39 is 5.97 Å². The van der Waals surface area contributed by atoms with E-state index in [4.69, 9.17) is 28.3 Å². The van der Waals surface area contributed by atoms with Gasteiger partial charge in [0.25, 0.3) is 0 Å². The standard InChI is InChI=1S/C15H21Cl2NO2.C2H6/c1-12-5-6-14(18(9-7-16)10-8-17)11-13(12)3-2-4-15(19)20;1-2/h5-6,11H,2-4,7-10H2,1H3,(H,19,20);1-2H3. The van der Waals surface area contributed by atoms with Gasteiger partial charge in [-0.3, -0.25) is 4.79 Å². The lowest BCUT2D eigenvalue weighted by Crippen LogP contribution is -2.27. The average Bonchev–Trinajstić information content (AvgIpc) is 2.51. The van der Waals surface area contributed by atoms with Crippen LogP contribution in [0.15, 0.2) is 18.2 Å². The van der Waals surface area contributed by atoms with Crippen LogP contribution >= 0.6 is 23.2 Å². The molecule has 0 aliphatic rings. The molecule has 0 amide bonds. The summed E-state index contributed by atoms with van der Waals surface area (Å²) in [6.07, 6.45) is 1.64. The molecule has 0 aliphatic heterocycles. The lowest BCUT2D eigenvalue weighted by atomic mass is 10.0. The molecule has 0 spiro atoms. The molecule has 1 N–H and O–H groups in total. The minimum Gasteiger partial charge on any atom is -0.481 e. The van der Waals surface area contributed by atoms with Gasteiger partial charge in [0.2, 0.25) is 0 Å². The molecule has 0 aromatic heterocycles. The third-order valence-corrected chi connectivity index (χ3v) is 3.58. The monoisotopic (exact) mass is 347 g/mol. The van der Waals surface area contributed by atoms with Crippen LogP contribution in [-0.4, -0.2) is 35.9 Å². The second kappa shape index (κ2) is 12.6. The van der Waals surface area contributed by atoms with Crippen molar-refractivity contribution in [3.63, 3.8) is 0 Å². The summed E-state index contributed by atoms with van der Waals surface area (Å²) in [4.78, 5) is 12.7. The number of benzene rings is 1. The molecule has 0 radical (unpaired) electrons. The summed E-state index contributed by atoms with van der Waals surface area (Å²) < 4.78 is 0. The molecule has 0 fully saturated rings. The molecule has 5 heteroatoms. The number of anilines is 1. The first-order valence-electron chi connectivity index (χ1n) is 7.76. The molecule has 1 rings (SSSR count). The molecular weight excluding hydrogens is 321 g/mol. The Kier molecular flexibility index (Phi) is 12.1. The normalized spacial score (nSPS) is 9.86. The maximum atomic E-state index is 10.6. The molecule has 0 saturated heterocycles. The van der Waals surface area contributed by atoms with Crippen LogP contribution in [-0.2, 0) is 11.2 Å². The zero-order valence-electron chi connectivity index (χ0n) is 13.7. The molecule has 22 heavy (non-hydrogen) atoms. The van der Waals surface area contributed by atoms with Crippen molar-refractivity contribution in [2.45, 2.75) is 40.0 Å². The number of carboxylic acids is 1. The van der Waals surface area contributed by atoms with E-state index in [1.165, 1.54) is 11.1 Å². The molecule has 3 nitrogen and oxygen atoms in total. The Morgan fingerprint density at radius 2 is 1.77 bits per heavy atom. The summed E-state index contributed by atoms with van der Waals surface area (Å²) in [7, 11) is 0. The van der Waals surface area contributed by atoms with Crippen LogP contribution in [0.25, 0.3) is 0 Å². The van der Waals surface area contributed by atoms with Crippen molar-refractivity contribution in [2.75, 3.05) is 29.7 Å². The van der Waals surface area contributed by atoms with Gasteiger partial charge >= 0.3 is 5.97 Å². The number of hydrogen-bond donors (Lipinski definition) is 1. The molecule has 0 heterocycles. The first-order valence-corrected chi connectivity index (χ1v) is 8.83. The van der Waals surface area contributed by atoms with Gasteiger partial charge < -0.3 is 10.0 Å². The first kappa shape index (κ1) is 21.1. The Bertz CT molecular complexity index is 433. The van der Waals surface area contributed by atoms with Crippen LogP contribution in [0.3, 0.4) is 0 Å². The number of alkyl halides is 2. The molecule has 0 atom stereocenters. The summed E-state index contributed by atoms with van der Waals surface area (Å²) >= 11 is 11.6. The third-order valence-electron chi connectivity index (χ3n) is 3.24. The summed E-state index contributed by atoms with van der Waals surface area (Å²) in [6.45, 7) is 7.56. The number of aryl methyl sites for hydroxylation is 2.